The van der Waals surface area contributed by atoms with Gasteiger partial charge in [0.25, 0.3) is 10.1 Å². The van der Waals surface area contributed by atoms with E-state index in [0.29, 0.717) is 0 Å². The molecule has 27 heavy (non-hydrogen) atoms. The van der Waals surface area contributed by atoms with Crippen LogP contribution in [-0.4, -0.2) is 38.9 Å². The number of benzene rings is 2. The number of nitrogens with zero attached hydrogens (tertiary/aromatic N) is 3. The van der Waals surface area contributed by atoms with Crippen LogP contribution in [0, 0.1) is 6.92 Å². The minimum atomic E-state index is -4.02. The fourth-order valence-corrected chi connectivity index (χ4v) is 3.13. The molecule has 0 aliphatic heterocycles. The highest BCUT2D eigenvalue weighted by molar-refractivity contribution is 7.86. The van der Waals surface area contributed by atoms with Crippen LogP contribution in [0.15, 0.2) is 64.6 Å². The van der Waals surface area contributed by atoms with Crippen LogP contribution >= 0.6 is 0 Å². The lowest BCUT2D eigenvalue weighted by atomic mass is 10.2. The summed E-state index contributed by atoms with van der Waals surface area (Å²) >= 11 is 0. The van der Waals surface area contributed by atoms with E-state index in [1.165, 1.54) is 12.1 Å². The van der Waals surface area contributed by atoms with Crippen molar-refractivity contribution in [1.29, 1.82) is 0 Å². The third-order valence-electron chi connectivity index (χ3n) is 3.75. The number of azide groups is 1. The molecule has 2 aromatic carbocycles. The zero-order chi connectivity index (χ0) is 19.7. The topological polar surface area (TPSA) is 122 Å². The van der Waals surface area contributed by atoms with Crippen molar-refractivity contribution >= 4 is 10.1 Å². The fraction of sp³-hybridized carbons (Fsp3) is 0.333. The zero-order valence-electron chi connectivity index (χ0n) is 14.8. The van der Waals surface area contributed by atoms with Gasteiger partial charge in [0.15, 0.2) is 0 Å². The molecule has 2 rings (SSSR count). The Bertz CT molecular complexity index is 866. The maximum absolute atomic E-state index is 12.2. The summed E-state index contributed by atoms with van der Waals surface area (Å²) in [6, 6.07) is 14.4. The van der Waals surface area contributed by atoms with Gasteiger partial charge < -0.3 is 9.84 Å². The summed E-state index contributed by atoms with van der Waals surface area (Å²) in [6.07, 6.45) is -1.21. The molecule has 144 valence electrons. The van der Waals surface area contributed by atoms with Crippen LogP contribution < -0.4 is 0 Å². The number of hydrogen-bond acceptors (Lipinski definition) is 6. The Kier molecular flexibility index (Phi) is 7.78. The second kappa shape index (κ2) is 10.1. The number of hydrogen-bond donors (Lipinski definition) is 1. The van der Waals surface area contributed by atoms with Gasteiger partial charge in [-0.1, -0.05) is 53.1 Å². The van der Waals surface area contributed by atoms with E-state index in [4.69, 9.17) is 14.5 Å². The second-order valence-electron chi connectivity index (χ2n) is 5.89. The number of rotatable bonds is 10. The normalized spacial score (nSPS) is 13.6. The fourth-order valence-electron chi connectivity index (χ4n) is 2.20. The van der Waals surface area contributed by atoms with Crippen LogP contribution in [0.2, 0.25) is 0 Å². The molecule has 8 nitrogen and oxygen atoms in total. The van der Waals surface area contributed by atoms with E-state index >= 15 is 0 Å². The molecular weight excluding hydrogens is 370 g/mol. The van der Waals surface area contributed by atoms with Gasteiger partial charge in [-0.3, -0.25) is 4.18 Å². The lowest BCUT2D eigenvalue weighted by Crippen LogP contribution is -2.33. The van der Waals surface area contributed by atoms with Crippen LogP contribution in [-0.2, 0) is 25.6 Å². The largest absolute Gasteiger partial charge is 0.390 e. The van der Waals surface area contributed by atoms with Crippen molar-refractivity contribution in [3.8, 4) is 0 Å². The molecule has 0 radical (unpaired) electrons. The summed E-state index contributed by atoms with van der Waals surface area (Å²) in [5.41, 5.74) is 10.5. The summed E-state index contributed by atoms with van der Waals surface area (Å²) in [5.74, 6) is 0. The highest BCUT2D eigenvalue weighted by Crippen LogP contribution is 2.15. The Morgan fingerprint density at radius 1 is 1.11 bits per heavy atom. The second-order valence-corrected chi connectivity index (χ2v) is 7.51. The number of ether oxygens (including phenoxy) is 1. The highest BCUT2D eigenvalue weighted by Gasteiger charge is 2.23. The molecule has 0 fully saturated rings. The zero-order valence-corrected chi connectivity index (χ0v) is 15.6. The standard InChI is InChI=1S/C18H21N3O5S/c1-14-7-9-16(10-8-14)27(23,24)26-12-17(20-21-19)18(22)13-25-11-15-5-3-2-4-6-15/h2-10,17-18,22H,11-13H2,1H3/t17-,18+/m0/s1. The number of aliphatic hydroxyl groups excluding tert-OH is 1. The lowest BCUT2D eigenvalue weighted by Gasteiger charge is -2.18. The van der Waals surface area contributed by atoms with Crippen molar-refractivity contribution in [2.75, 3.05) is 13.2 Å². The van der Waals surface area contributed by atoms with Gasteiger partial charge in [-0.2, -0.15) is 8.42 Å². The number of aryl methyl sites for hydroxylation is 1. The first-order valence-electron chi connectivity index (χ1n) is 8.22. The molecule has 0 heterocycles. The van der Waals surface area contributed by atoms with E-state index in [9.17, 15) is 13.5 Å². The molecule has 0 saturated carbocycles. The van der Waals surface area contributed by atoms with Gasteiger partial charge in [0.1, 0.15) is 0 Å². The third kappa shape index (κ3) is 6.67. The molecule has 0 spiro atoms. The highest BCUT2D eigenvalue weighted by atomic mass is 32.2. The van der Waals surface area contributed by atoms with Crippen LogP contribution in [0.3, 0.4) is 0 Å². The number of aliphatic hydroxyl groups is 1. The molecule has 9 heteroatoms. The predicted molar refractivity (Wildman–Crippen MR) is 99.4 cm³/mol. The first-order chi connectivity index (χ1) is 12.9. The summed E-state index contributed by atoms with van der Waals surface area (Å²) in [5, 5.41) is 13.6. The minimum absolute atomic E-state index is 0.0115. The van der Waals surface area contributed by atoms with Crippen LogP contribution in [0.25, 0.3) is 10.4 Å². The van der Waals surface area contributed by atoms with E-state index in [0.717, 1.165) is 11.1 Å². The molecule has 0 aliphatic carbocycles. The van der Waals surface area contributed by atoms with Crippen molar-refractivity contribution < 1.29 is 22.4 Å². The minimum Gasteiger partial charge on any atom is -0.390 e. The first kappa shape index (κ1) is 20.9. The summed E-state index contributed by atoms with van der Waals surface area (Å²) in [4.78, 5) is 2.63. The van der Waals surface area contributed by atoms with E-state index in [1.54, 1.807) is 12.1 Å². The van der Waals surface area contributed by atoms with Gasteiger partial charge >= 0.3 is 0 Å². The average molecular weight is 391 g/mol. The van der Waals surface area contributed by atoms with Crippen molar-refractivity contribution in [3.05, 3.63) is 76.2 Å². The third-order valence-corrected chi connectivity index (χ3v) is 5.04. The Labute approximate surface area is 158 Å². The van der Waals surface area contributed by atoms with Crippen molar-refractivity contribution in [3.63, 3.8) is 0 Å². The Balaban J connectivity index is 1.91. The smallest absolute Gasteiger partial charge is 0.296 e. The van der Waals surface area contributed by atoms with Crippen molar-refractivity contribution in [2.45, 2.75) is 30.6 Å². The van der Waals surface area contributed by atoms with E-state index in [-0.39, 0.29) is 18.1 Å². The summed E-state index contributed by atoms with van der Waals surface area (Å²) in [7, 11) is -4.02. The van der Waals surface area contributed by atoms with Gasteiger partial charge in [-0.05, 0) is 30.2 Å². The van der Waals surface area contributed by atoms with Crippen molar-refractivity contribution in [2.24, 2.45) is 5.11 Å². The van der Waals surface area contributed by atoms with Crippen LogP contribution in [0.4, 0.5) is 0 Å². The maximum atomic E-state index is 12.2. The Morgan fingerprint density at radius 2 is 1.78 bits per heavy atom. The molecule has 0 amide bonds. The molecule has 0 bridgehead atoms. The van der Waals surface area contributed by atoms with Crippen LogP contribution in [0.5, 0.6) is 0 Å². The van der Waals surface area contributed by atoms with E-state index in [1.807, 2.05) is 37.3 Å². The Morgan fingerprint density at radius 3 is 2.41 bits per heavy atom. The maximum Gasteiger partial charge on any atom is 0.296 e. The van der Waals surface area contributed by atoms with Gasteiger partial charge in [0.05, 0.1) is 36.9 Å². The molecule has 2 aromatic rings. The summed E-state index contributed by atoms with van der Waals surface area (Å²) in [6.45, 7) is 1.48. The summed E-state index contributed by atoms with van der Waals surface area (Å²) < 4.78 is 34.8. The molecule has 0 saturated heterocycles. The van der Waals surface area contributed by atoms with Gasteiger partial charge in [-0.25, -0.2) is 0 Å². The SMILES string of the molecule is Cc1ccc(S(=O)(=O)OC[C@H](N=[N+]=[N-])[C@H](O)COCc2ccccc2)cc1. The molecule has 2 atom stereocenters. The first-order valence-corrected chi connectivity index (χ1v) is 9.63. The van der Waals surface area contributed by atoms with E-state index in [2.05, 4.69) is 10.0 Å². The lowest BCUT2D eigenvalue weighted by molar-refractivity contribution is 0.00876. The molecule has 0 aliphatic rings. The van der Waals surface area contributed by atoms with Gasteiger partial charge in [-0.15, -0.1) is 0 Å². The van der Waals surface area contributed by atoms with E-state index < -0.39 is 28.9 Å². The van der Waals surface area contributed by atoms with Gasteiger partial charge in [0, 0.05) is 4.91 Å². The monoisotopic (exact) mass is 391 g/mol. The molecule has 0 unspecified atom stereocenters. The van der Waals surface area contributed by atoms with Crippen LogP contribution in [0.1, 0.15) is 11.1 Å². The molecule has 1 N–H and O–H groups in total. The predicted octanol–water partition coefficient (Wildman–Crippen LogP) is 2.96. The average Bonchev–Trinajstić information content (AvgIpc) is 2.66. The quantitative estimate of drug-likeness (QED) is 0.289. The van der Waals surface area contributed by atoms with Crippen molar-refractivity contribution in [1.82, 2.24) is 0 Å². The Hall–Kier alpha value is -2.42. The van der Waals surface area contributed by atoms with Gasteiger partial charge in [0.2, 0.25) is 0 Å². The molecular formula is C18H21N3O5S. The molecule has 0 aromatic heterocycles.